The van der Waals surface area contributed by atoms with Crippen molar-refractivity contribution >= 4 is 46.8 Å². The molecular weight excluding hydrogens is 498 g/mol. The molecule has 194 valence electrons. The number of anilines is 1. The first-order valence-electron chi connectivity index (χ1n) is 12.2. The van der Waals surface area contributed by atoms with E-state index >= 15 is 0 Å². The van der Waals surface area contributed by atoms with Crippen molar-refractivity contribution in [1.29, 1.82) is 0 Å². The van der Waals surface area contributed by atoms with Gasteiger partial charge in [0.25, 0.3) is 5.91 Å². The molecule has 3 saturated heterocycles. The van der Waals surface area contributed by atoms with Crippen molar-refractivity contribution in [2.75, 3.05) is 31.6 Å². The van der Waals surface area contributed by atoms with Crippen LogP contribution in [0.3, 0.4) is 0 Å². The molecule has 6 atom stereocenters. The maximum Gasteiger partial charge on any atom is 0.251 e. The van der Waals surface area contributed by atoms with Crippen LogP contribution in [0.4, 0.5) is 5.69 Å². The SMILES string of the molecule is C=CCN(C)C(=O)[C@@H]1[C@H]2C(=O)N([C@H](C)CO)C(C(=O)N(CC=C)c3ccccc3Cl)C23CC[C@@]1(C)S3. The summed E-state index contributed by atoms with van der Waals surface area (Å²) < 4.78 is -1.24. The Balaban J connectivity index is 1.84. The zero-order valence-electron chi connectivity index (χ0n) is 21.0. The van der Waals surface area contributed by atoms with Gasteiger partial charge in [-0.25, -0.2) is 0 Å². The van der Waals surface area contributed by atoms with E-state index in [-0.39, 0.29) is 30.9 Å². The van der Waals surface area contributed by atoms with Gasteiger partial charge in [0.15, 0.2) is 0 Å². The molecule has 3 aliphatic heterocycles. The average molecular weight is 532 g/mol. The Labute approximate surface area is 222 Å². The number of fused-ring (bicyclic) bond motifs is 1. The molecule has 0 radical (unpaired) electrons. The molecule has 3 heterocycles. The van der Waals surface area contributed by atoms with Crippen molar-refractivity contribution in [3.63, 3.8) is 0 Å². The zero-order valence-corrected chi connectivity index (χ0v) is 22.6. The minimum atomic E-state index is -0.845. The van der Waals surface area contributed by atoms with E-state index in [1.54, 1.807) is 72.0 Å². The topological polar surface area (TPSA) is 81.2 Å². The van der Waals surface area contributed by atoms with Crippen LogP contribution in [0.1, 0.15) is 26.7 Å². The first-order chi connectivity index (χ1) is 17.1. The molecule has 4 rings (SSSR count). The molecule has 1 N–H and O–H groups in total. The van der Waals surface area contributed by atoms with E-state index in [9.17, 15) is 19.5 Å². The summed E-state index contributed by atoms with van der Waals surface area (Å²) in [5.74, 6) is -1.84. The second-order valence-electron chi connectivity index (χ2n) is 10.2. The summed E-state index contributed by atoms with van der Waals surface area (Å²) in [4.78, 5) is 46.9. The van der Waals surface area contributed by atoms with E-state index < -0.39 is 33.4 Å². The molecular formula is C27H34ClN3O4S. The summed E-state index contributed by atoms with van der Waals surface area (Å²) >= 11 is 8.09. The second-order valence-corrected chi connectivity index (χ2v) is 12.5. The maximum absolute atomic E-state index is 14.4. The third kappa shape index (κ3) is 3.89. The molecule has 3 aliphatic rings. The van der Waals surface area contributed by atoms with E-state index in [0.717, 1.165) is 6.42 Å². The van der Waals surface area contributed by atoms with Crippen LogP contribution >= 0.6 is 23.4 Å². The minimum absolute atomic E-state index is 0.108. The highest BCUT2D eigenvalue weighted by Gasteiger charge is 2.77. The van der Waals surface area contributed by atoms with Gasteiger partial charge in [-0.3, -0.25) is 14.4 Å². The highest BCUT2D eigenvalue weighted by molar-refractivity contribution is 8.02. The summed E-state index contributed by atoms with van der Waals surface area (Å²) in [6, 6.07) is 5.66. The molecule has 3 amide bonds. The van der Waals surface area contributed by atoms with Crippen molar-refractivity contribution in [2.45, 2.75) is 48.3 Å². The number of thioether (sulfide) groups is 1. The number of para-hydroxylation sites is 1. The smallest absolute Gasteiger partial charge is 0.251 e. The largest absolute Gasteiger partial charge is 0.394 e. The third-order valence-corrected chi connectivity index (χ3v) is 10.3. The molecule has 0 aromatic heterocycles. The van der Waals surface area contributed by atoms with Gasteiger partial charge in [0.1, 0.15) is 6.04 Å². The highest BCUT2D eigenvalue weighted by atomic mass is 35.5. The van der Waals surface area contributed by atoms with Crippen LogP contribution in [-0.2, 0) is 14.4 Å². The molecule has 7 nitrogen and oxygen atoms in total. The lowest BCUT2D eigenvalue weighted by Crippen LogP contribution is -2.57. The number of carbonyl (C=O) groups excluding carboxylic acids is 3. The van der Waals surface area contributed by atoms with Crippen molar-refractivity contribution in [2.24, 2.45) is 11.8 Å². The number of aliphatic hydroxyl groups is 1. The number of benzene rings is 1. The van der Waals surface area contributed by atoms with E-state index in [1.165, 1.54) is 4.90 Å². The zero-order chi connectivity index (χ0) is 26.4. The van der Waals surface area contributed by atoms with Gasteiger partial charge in [-0.05, 0) is 38.8 Å². The first kappa shape index (κ1) is 26.8. The Bertz CT molecular complexity index is 1100. The number of halogens is 1. The van der Waals surface area contributed by atoms with Gasteiger partial charge in [0, 0.05) is 24.9 Å². The first-order valence-corrected chi connectivity index (χ1v) is 13.4. The average Bonchev–Trinajstić information content (AvgIpc) is 3.42. The van der Waals surface area contributed by atoms with Crippen molar-refractivity contribution in [3.05, 3.63) is 54.6 Å². The third-order valence-electron chi connectivity index (χ3n) is 7.95. The van der Waals surface area contributed by atoms with Crippen molar-refractivity contribution in [3.8, 4) is 0 Å². The number of carbonyl (C=O) groups is 3. The van der Waals surface area contributed by atoms with Gasteiger partial charge < -0.3 is 19.8 Å². The number of likely N-dealkylation sites (tertiary alicyclic amines) is 1. The lowest BCUT2D eigenvalue weighted by atomic mass is 9.66. The lowest BCUT2D eigenvalue weighted by molar-refractivity contribution is -0.145. The number of rotatable bonds is 9. The quantitative estimate of drug-likeness (QED) is 0.494. The Kier molecular flexibility index (Phi) is 7.34. The van der Waals surface area contributed by atoms with Crippen LogP contribution in [-0.4, -0.2) is 80.9 Å². The predicted octanol–water partition coefficient (Wildman–Crippen LogP) is 3.37. The summed E-state index contributed by atoms with van der Waals surface area (Å²) in [5, 5.41) is 10.5. The van der Waals surface area contributed by atoms with Gasteiger partial charge in [-0.1, -0.05) is 35.9 Å². The fourth-order valence-electron chi connectivity index (χ4n) is 6.36. The minimum Gasteiger partial charge on any atom is -0.394 e. The molecule has 3 fully saturated rings. The van der Waals surface area contributed by atoms with E-state index in [2.05, 4.69) is 13.2 Å². The Morgan fingerprint density at radius 1 is 1.25 bits per heavy atom. The van der Waals surface area contributed by atoms with Crippen LogP contribution in [0.25, 0.3) is 0 Å². The van der Waals surface area contributed by atoms with E-state index in [4.69, 9.17) is 11.6 Å². The van der Waals surface area contributed by atoms with Crippen LogP contribution in [0.2, 0.25) is 5.02 Å². The lowest BCUT2D eigenvalue weighted by Gasteiger charge is -2.39. The predicted molar refractivity (Wildman–Crippen MR) is 144 cm³/mol. The fraction of sp³-hybridized carbons (Fsp3) is 0.519. The number of nitrogens with zero attached hydrogens (tertiary/aromatic N) is 3. The van der Waals surface area contributed by atoms with E-state index in [1.807, 2.05) is 6.92 Å². The molecule has 1 spiro atoms. The van der Waals surface area contributed by atoms with Crippen LogP contribution in [0.5, 0.6) is 0 Å². The van der Waals surface area contributed by atoms with Gasteiger partial charge in [-0.2, -0.15) is 0 Å². The number of aliphatic hydroxyl groups excluding tert-OH is 1. The van der Waals surface area contributed by atoms with Gasteiger partial charge in [0.05, 0.1) is 39.9 Å². The molecule has 2 unspecified atom stereocenters. The molecule has 0 saturated carbocycles. The van der Waals surface area contributed by atoms with Gasteiger partial charge in [-0.15, -0.1) is 24.9 Å². The molecule has 1 aromatic carbocycles. The van der Waals surface area contributed by atoms with Crippen LogP contribution in [0, 0.1) is 11.8 Å². The number of hydrogen-bond donors (Lipinski definition) is 1. The standard InChI is InChI=1S/C27H34ClN3O4S/c1-6-14-29(5)23(33)20-21-24(34)31(17(3)16-32)22(27(21)13-12-26(20,4)36-27)25(35)30(15-7-2)19-11-9-8-10-18(19)28/h6-11,17,20-22,32H,1-2,12-16H2,3-5H3/t17-,20+,21+,22?,26-,27?/m1/s1. The Hall–Kier alpha value is -2.29. The number of likely N-dealkylation sites (N-methyl/N-ethyl adjacent to an activating group) is 1. The summed E-state index contributed by atoms with van der Waals surface area (Å²) in [7, 11) is 1.72. The number of amides is 3. The fourth-order valence-corrected chi connectivity index (χ4v) is 8.92. The molecule has 2 bridgehead atoms. The van der Waals surface area contributed by atoms with Crippen molar-refractivity contribution in [1.82, 2.24) is 9.80 Å². The van der Waals surface area contributed by atoms with Gasteiger partial charge >= 0.3 is 0 Å². The van der Waals surface area contributed by atoms with E-state index in [0.29, 0.717) is 23.7 Å². The Morgan fingerprint density at radius 3 is 2.53 bits per heavy atom. The molecule has 1 aromatic rings. The normalized spacial score (nSPS) is 31.2. The monoisotopic (exact) mass is 531 g/mol. The second kappa shape index (κ2) is 9.88. The van der Waals surface area contributed by atoms with Crippen molar-refractivity contribution < 1.29 is 19.5 Å². The van der Waals surface area contributed by atoms with Crippen LogP contribution < -0.4 is 4.90 Å². The summed E-state index contributed by atoms with van der Waals surface area (Å²) in [6.45, 7) is 11.6. The van der Waals surface area contributed by atoms with Crippen LogP contribution in [0.15, 0.2) is 49.6 Å². The molecule has 36 heavy (non-hydrogen) atoms. The molecule has 9 heteroatoms. The molecule has 0 aliphatic carbocycles. The Morgan fingerprint density at radius 2 is 1.92 bits per heavy atom. The summed E-state index contributed by atoms with van der Waals surface area (Å²) in [6.07, 6.45) is 4.65. The summed E-state index contributed by atoms with van der Waals surface area (Å²) in [5.41, 5.74) is 0.537. The van der Waals surface area contributed by atoms with Gasteiger partial charge in [0.2, 0.25) is 11.8 Å². The number of hydrogen-bond acceptors (Lipinski definition) is 5. The highest BCUT2D eigenvalue weighted by Crippen LogP contribution is 2.71. The maximum atomic E-state index is 14.4.